The summed E-state index contributed by atoms with van der Waals surface area (Å²) in [5.41, 5.74) is 3.96. The molecule has 0 radical (unpaired) electrons. The molecule has 29 heavy (non-hydrogen) atoms. The standard InChI is InChI=1S/C22H28N2O4S/c1-4-16-11-12-17(5-2)18(13-16)14-23-22(25)21-15-24(29(26,27)6-3)19-9-7-8-10-20(19)28-21/h7-13,21H,4-6,14-15H2,1-3H3,(H,23,25)/t21-/m0/s1. The van der Waals surface area contributed by atoms with Crippen molar-refractivity contribution < 1.29 is 17.9 Å². The molecule has 1 amide bonds. The maximum absolute atomic E-state index is 12.8. The van der Waals surface area contributed by atoms with Crippen LogP contribution in [0.25, 0.3) is 0 Å². The fourth-order valence-electron chi connectivity index (χ4n) is 3.46. The van der Waals surface area contributed by atoms with Gasteiger partial charge in [0, 0.05) is 6.54 Å². The molecule has 0 aromatic heterocycles. The number of sulfonamides is 1. The second-order valence-electron chi connectivity index (χ2n) is 7.03. The highest BCUT2D eigenvalue weighted by Gasteiger charge is 2.35. The Morgan fingerprint density at radius 3 is 2.55 bits per heavy atom. The topological polar surface area (TPSA) is 75.7 Å². The first kappa shape index (κ1) is 21.2. The summed E-state index contributed by atoms with van der Waals surface area (Å²) >= 11 is 0. The number of rotatable bonds is 7. The Bertz CT molecular complexity index is 988. The molecular formula is C22H28N2O4S. The van der Waals surface area contributed by atoms with Crippen molar-refractivity contribution in [2.45, 2.75) is 46.3 Å². The molecule has 0 saturated heterocycles. The zero-order valence-corrected chi connectivity index (χ0v) is 18.0. The van der Waals surface area contributed by atoms with E-state index in [4.69, 9.17) is 4.74 Å². The highest BCUT2D eigenvalue weighted by molar-refractivity contribution is 7.92. The van der Waals surface area contributed by atoms with E-state index in [1.807, 2.05) is 0 Å². The molecular weight excluding hydrogens is 388 g/mol. The van der Waals surface area contributed by atoms with Gasteiger partial charge in [-0.15, -0.1) is 0 Å². The van der Waals surface area contributed by atoms with Gasteiger partial charge in [-0.1, -0.05) is 44.2 Å². The molecule has 0 spiro atoms. The summed E-state index contributed by atoms with van der Waals surface area (Å²) in [6.07, 6.45) is 0.910. The number of hydrogen-bond donors (Lipinski definition) is 1. The molecule has 6 nitrogen and oxygen atoms in total. The second kappa shape index (κ2) is 8.86. The minimum atomic E-state index is -3.51. The first-order valence-corrected chi connectivity index (χ1v) is 11.6. The molecule has 0 aliphatic carbocycles. The van der Waals surface area contributed by atoms with Gasteiger partial charge in [-0.05, 0) is 48.6 Å². The van der Waals surface area contributed by atoms with Crippen LogP contribution in [0.1, 0.15) is 37.5 Å². The van der Waals surface area contributed by atoms with E-state index in [1.54, 1.807) is 31.2 Å². The van der Waals surface area contributed by atoms with Crippen molar-refractivity contribution in [3.05, 3.63) is 59.2 Å². The number of benzene rings is 2. The number of hydrogen-bond acceptors (Lipinski definition) is 4. The lowest BCUT2D eigenvalue weighted by atomic mass is 10.0. The number of fused-ring (bicyclic) bond motifs is 1. The third-order valence-corrected chi connectivity index (χ3v) is 6.99. The Kier molecular flexibility index (Phi) is 6.47. The van der Waals surface area contributed by atoms with Gasteiger partial charge < -0.3 is 10.1 Å². The van der Waals surface area contributed by atoms with Gasteiger partial charge in [-0.25, -0.2) is 8.42 Å². The molecule has 1 heterocycles. The molecule has 1 atom stereocenters. The predicted molar refractivity (Wildman–Crippen MR) is 115 cm³/mol. The Morgan fingerprint density at radius 1 is 1.10 bits per heavy atom. The molecule has 2 aromatic rings. The zero-order valence-electron chi connectivity index (χ0n) is 17.1. The number of carbonyl (C=O) groups excluding carboxylic acids is 1. The van der Waals surface area contributed by atoms with E-state index in [9.17, 15) is 13.2 Å². The van der Waals surface area contributed by atoms with Gasteiger partial charge in [0.2, 0.25) is 10.0 Å². The van der Waals surface area contributed by atoms with Crippen molar-refractivity contribution in [1.29, 1.82) is 0 Å². The number of amides is 1. The van der Waals surface area contributed by atoms with Gasteiger partial charge in [0.05, 0.1) is 18.0 Å². The molecule has 0 fully saturated rings. The SMILES string of the molecule is CCc1ccc(CC)c(CNC(=O)[C@@H]2CN(S(=O)(=O)CC)c3ccccc3O2)c1. The van der Waals surface area contributed by atoms with Gasteiger partial charge in [-0.2, -0.15) is 0 Å². The molecule has 3 rings (SSSR count). The number of aryl methyl sites for hydroxylation is 2. The van der Waals surface area contributed by atoms with E-state index in [2.05, 4.69) is 37.4 Å². The Labute approximate surface area is 172 Å². The van der Waals surface area contributed by atoms with Crippen LogP contribution >= 0.6 is 0 Å². The molecule has 1 N–H and O–H groups in total. The number of para-hydroxylation sites is 2. The van der Waals surface area contributed by atoms with Crippen LogP contribution in [0.15, 0.2) is 42.5 Å². The third kappa shape index (κ3) is 4.56. The van der Waals surface area contributed by atoms with Crippen molar-refractivity contribution >= 4 is 21.6 Å². The minimum Gasteiger partial charge on any atom is -0.476 e. The maximum atomic E-state index is 12.8. The number of carbonyl (C=O) groups is 1. The molecule has 0 saturated carbocycles. The summed E-state index contributed by atoms with van der Waals surface area (Å²) in [7, 11) is -3.51. The Balaban J connectivity index is 1.79. The van der Waals surface area contributed by atoms with Crippen LogP contribution in [0.4, 0.5) is 5.69 Å². The molecule has 7 heteroatoms. The van der Waals surface area contributed by atoms with E-state index in [1.165, 1.54) is 15.4 Å². The van der Waals surface area contributed by atoms with Gasteiger partial charge in [0.25, 0.3) is 5.91 Å². The van der Waals surface area contributed by atoms with Crippen LogP contribution in [0.2, 0.25) is 0 Å². The van der Waals surface area contributed by atoms with Crippen LogP contribution < -0.4 is 14.4 Å². The van der Waals surface area contributed by atoms with Crippen molar-refractivity contribution in [2.75, 3.05) is 16.6 Å². The van der Waals surface area contributed by atoms with Crippen molar-refractivity contribution in [3.8, 4) is 5.75 Å². The largest absolute Gasteiger partial charge is 0.476 e. The third-order valence-electron chi connectivity index (χ3n) is 5.24. The average molecular weight is 417 g/mol. The predicted octanol–water partition coefficient (Wildman–Crippen LogP) is 3.04. The number of nitrogens with one attached hydrogen (secondary N) is 1. The van der Waals surface area contributed by atoms with Crippen molar-refractivity contribution in [3.63, 3.8) is 0 Å². The van der Waals surface area contributed by atoms with Crippen LogP contribution in [0, 0.1) is 0 Å². The van der Waals surface area contributed by atoms with Gasteiger partial charge >= 0.3 is 0 Å². The summed E-state index contributed by atoms with van der Waals surface area (Å²) in [5, 5.41) is 2.93. The van der Waals surface area contributed by atoms with E-state index >= 15 is 0 Å². The van der Waals surface area contributed by atoms with Crippen LogP contribution in [-0.2, 0) is 34.2 Å². The second-order valence-corrected chi connectivity index (χ2v) is 9.22. The maximum Gasteiger partial charge on any atom is 0.263 e. The summed E-state index contributed by atoms with van der Waals surface area (Å²) in [5.74, 6) is 0.0391. The lowest BCUT2D eigenvalue weighted by Crippen LogP contribution is -2.50. The highest BCUT2D eigenvalue weighted by atomic mass is 32.2. The molecule has 156 valence electrons. The normalized spacial score (nSPS) is 16.1. The summed E-state index contributed by atoms with van der Waals surface area (Å²) < 4.78 is 32.2. The zero-order chi connectivity index (χ0) is 21.0. The van der Waals surface area contributed by atoms with Gasteiger partial charge in [0.1, 0.15) is 5.75 Å². The Morgan fingerprint density at radius 2 is 1.86 bits per heavy atom. The van der Waals surface area contributed by atoms with E-state index < -0.39 is 16.1 Å². The van der Waals surface area contributed by atoms with E-state index in [0.29, 0.717) is 18.0 Å². The van der Waals surface area contributed by atoms with Gasteiger partial charge in [0.15, 0.2) is 6.10 Å². The monoisotopic (exact) mass is 416 g/mol. The quantitative estimate of drug-likeness (QED) is 0.753. The molecule has 1 aliphatic heterocycles. The fourth-order valence-corrected chi connectivity index (χ4v) is 4.59. The number of nitrogens with zero attached hydrogens (tertiary/aromatic N) is 1. The summed E-state index contributed by atoms with van der Waals surface area (Å²) in [4.78, 5) is 12.8. The van der Waals surface area contributed by atoms with Crippen molar-refractivity contribution in [1.82, 2.24) is 5.32 Å². The summed E-state index contributed by atoms with van der Waals surface area (Å²) in [6.45, 7) is 6.13. The smallest absolute Gasteiger partial charge is 0.263 e. The summed E-state index contributed by atoms with van der Waals surface area (Å²) in [6, 6.07) is 13.2. The Hall–Kier alpha value is -2.54. The molecule has 2 aromatic carbocycles. The lowest BCUT2D eigenvalue weighted by molar-refractivity contribution is -0.127. The average Bonchev–Trinajstić information content (AvgIpc) is 2.76. The lowest BCUT2D eigenvalue weighted by Gasteiger charge is -2.34. The van der Waals surface area contributed by atoms with E-state index in [-0.39, 0.29) is 18.2 Å². The first-order valence-electron chi connectivity index (χ1n) is 10.0. The van der Waals surface area contributed by atoms with Crippen LogP contribution in [0.5, 0.6) is 5.75 Å². The first-order chi connectivity index (χ1) is 13.9. The number of anilines is 1. The van der Waals surface area contributed by atoms with Gasteiger partial charge in [-0.3, -0.25) is 9.10 Å². The molecule has 0 bridgehead atoms. The van der Waals surface area contributed by atoms with Crippen LogP contribution in [0.3, 0.4) is 0 Å². The molecule has 0 unspecified atom stereocenters. The van der Waals surface area contributed by atoms with E-state index in [0.717, 1.165) is 18.4 Å². The fraction of sp³-hybridized carbons (Fsp3) is 0.409. The van der Waals surface area contributed by atoms with Crippen molar-refractivity contribution in [2.24, 2.45) is 0 Å². The molecule has 1 aliphatic rings. The van der Waals surface area contributed by atoms with Crippen LogP contribution in [-0.4, -0.2) is 32.7 Å². The number of ether oxygens (including phenoxy) is 1. The highest BCUT2D eigenvalue weighted by Crippen LogP contribution is 2.35. The minimum absolute atomic E-state index is 0.0331.